The molecule has 0 spiro atoms. The second-order valence-corrected chi connectivity index (χ2v) is 12.0. The number of esters is 1. The van der Waals surface area contributed by atoms with Crippen molar-refractivity contribution in [3.63, 3.8) is 0 Å². The minimum atomic E-state index is -0.745. The first kappa shape index (κ1) is 29.8. The molecule has 3 amide bonds. The summed E-state index contributed by atoms with van der Waals surface area (Å²) in [6.45, 7) is 5.54. The Balaban J connectivity index is 1.35. The van der Waals surface area contributed by atoms with Gasteiger partial charge in [-0.2, -0.15) is 0 Å². The van der Waals surface area contributed by atoms with Crippen LogP contribution in [-0.4, -0.2) is 47.5 Å². The Morgan fingerprint density at radius 3 is 2.33 bits per heavy atom. The van der Waals surface area contributed by atoms with E-state index in [2.05, 4.69) is 22.8 Å². The van der Waals surface area contributed by atoms with Crippen LogP contribution in [-0.2, 0) is 33.7 Å². The number of anilines is 1. The zero-order valence-corrected chi connectivity index (χ0v) is 24.9. The molecule has 0 unspecified atom stereocenters. The second-order valence-electron chi connectivity index (χ2n) is 12.0. The molecule has 2 N–H and O–H groups in total. The average Bonchev–Trinajstić information content (AvgIpc) is 2.99. The smallest absolute Gasteiger partial charge is 0.411 e. The van der Waals surface area contributed by atoms with Gasteiger partial charge in [0.25, 0.3) is 5.91 Å². The standard InChI is InChI=1S/C34H37N3O6/c1-34(2,3)43-33(41)37-20-25-18-26(35-30(38)22-12-14-23(15-13-22)32(40)42-4)17-16-24(25)19-29(37)31(39)36-28-11-7-9-21-8-5-6-10-27(21)28/h5-6,8,10,12-18,28-29H,7,9,11,19-20H2,1-4H3,(H,35,38)(H,36,39)/t28-,29+/m1/s1. The first-order valence-corrected chi connectivity index (χ1v) is 14.5. The molecule has 1 heterocycles. The van der Waals surface area contributed by atoms with E-state index in [1.165, 1.54) is 29.7 Å². The van der Waals surface area contributed by atoms with Crippen molar-refractivity contribution in [2.45, 2.75) is 70.7 Å². The number of fused-ring (bicyclic) bond motifs is 2. The zero-order chi connectivity index (χ0) is 30.7. The van der Waals surface area contributed by atoms with Crippen molar-refractivity contribution in [3.8, 4) is 0 Å². The van der Waals surface area contributed by atoms with Crippen LogP contribution in [0.1, 0.15) is 82.6 Å². The molecule has 0 saturated carbocycles. The highest BCUT2D eigenvalue weighted by molar-refractivity contribution is 6.05. The summed E-state index contributed by atoms with van der Waals surface area (Å²) in [5.41, 5.74) is 4.64. The Labute approximate surface area is 251 Å². The van der Waals surface area contributed by atoms with E-state index >= 15 is 0 Å². The lowest BCUT2D eigenvalue weighted by molar-refractivity contribution is -0.128. The van der Waals surface area contributed by atoms with E-state index in [1.54, 1.807) is 39.0 Å². The summed E-state index contributed by atoms with van der Waals surface area (Å²) in [6, 6.07) is 19.0. The number of aryl methyl sites for hydroxylation is 1. The van der Waals surface area contributed by atoms with Crippen LogP contribution in [0.2, 0.25) is 0 Å². The number of rotatable bonds is 5. The summed E-state index contributed by atoms with van der Waals surface area (Å²) >= 11 is 0. The fourth-order valence-corrected chi connectivity index (χ4v) is 5.66. The Hall–Kier alpha value is -4.66. The predicted molar refractivity (Wildman–Crippen MR) is 162 cm³/mol. The van der Waals surface area contributed by atoms with Crippen molar-refractivity contribution < 1.29 is 28.7 Å². The molecular formula is C34H37N3O6. The molecule has 1 aliphatic heterocycles. The average molecular weight is 584 g/mol. The monoisotopic (exact) mass is 583 g/mol. The second kappa shape index (κ2) is 12.3. The maximum Gasteiger partial charge on any atom is 0.411 e. The molecule has 2 atom stereocenters. The molecule has 1 aliphatic carbocycles. The Morgan fingerprint density at radius 1 is 0.884 bits per heavy atom. The first-order chi connectivity index (χ1) is 20.5. The van der Waals surface area contributed by atoms with Gasteiger partial charge in [-0.25, -0.2) is 9.59 Å². The molecule has 9 nitrogen and oxygen atoms in total. The number of benzene rings is 3. The van der Waals surface area contributed by atoms with Gasteiger partial charge in [0, 0.05) is 17.7 Å². The van der Waals surface area contributed by atoms with Crippen molar-refractivity contribution in [1.29, 1.82) is 0 Å². The van der Waals surface area contributed by atoms with Crippen molar-refractivity contribution in [3.05, 3.63) is 100 Å². The molecular weight excluding hydrogens is 546 g/mol. The first-order valence-electron chi connectivity index (χ1n) is 14.5. The number of ether oxygens (including phenoxy) is 2. The molecule has 0 bridgehead atoms. The van der Waals surface area contributed by atoms with Crippen LogP contribution in [0.4, 0.5) is 10.5 Å². The van der Waals surface area contributed by atoms with Crippen molar-refractivity contribution >= 4 is 29.6 Å². The summed E-state index contributed by atoms with van der Waals surface area (Å²) in [5, 5.41) is 6.10. The fourth-order valence-electron chi connectivity index (χ4n) is 5.66. The lowest BCUT2D eigenvalue weighted by atomic mass is 9.87. The number of nitrogens with one attached hydrogen (secondary N) is 2. The van der Waals surface area contributed by atoms with E-state index in [1.807, 2.05) is 24.3 Å². The van der Waals surface area contributed by atoms with Crippen LogP contribution in [0.3, 0.4) is 0 Å². The predicted octanol–water partition coefficient (Wildman–Crippen LogP) is 5.58. The van der Waals surface area contributed by atoms with Gasteiger partial charge >= 0.3 is 12.1 Å². The maximum atomic E-state index is 13.8. The van der Waals surface area contributed by atoms with E-state index < -0.39 is 23.7 Å². The van der Waals surface area contributed by atoms with Gasteiger partial charge in [-0.3, -0.25) is 14.5 Å². The Kier molecular flexibility index (Phi) is 8.52. The Morgan fingerprint density at radius 2 is 1.60 bits per heavy atom. The van der Waals surface area contributed by atoms with Crippen molar-refractivity contribution in [2.75, 3.05) is 12.4 Å². The summed E-state index contributed by atoms with van der Waals surface area (Å²) in [7, 11) is 1.30. The molecule has 0 fully saturated rings. The molecule has 2 aliphatic rings. The van der Waals surface area contributed by atoms with Crippen molar-refractivity contribution in [2.24, 2.45) is 0 Å². The summed E-state index contributed by atoms with van der Waals surface area (Å²) in [5.74, 6) is -1.04. The lowest BCUT2D eigenvalue weighted by Crippen LogP contribution is -2.54. The number of carbonyl (C=O) groups is 4. The highest BCUT2D eigenvalue weighted by atomic mass is 16.6. The zero-order valence-electron chi connectivity index (χ0n) is 24.9. The largest absolute Gasteiger partial charge is 0.465 e. The lowest BCUT2D eigenvalue weighted by Gasteiger charge is -2.38. The molecule has 0 saturated heterocycles. The van der Waals surface area contributed by atoms with E-state index in [0.717, 1.165) is 36.0 Å². The molecule has 43 heavy (non-hydrogen) atoms. The van der Waals surface area contributed by atoms with E-state index in [9.17, 15) is 19.2 Å². The topological polar surface area (TPSA) is 114 Å². The molecule has 0 radical (unpaired) electrons. The van der Waals surface area contributed by atoms with Gasteiger partial charge in [0.2, 0.25) is 5.91 Å². The molecule has 3 aromatic carbocycles. The van der Waals surface area contributed by atoms with Gasteiger partial charge in [0.05, 0.1) is 25.3 Å². The fraction of sp³-hybridized carbons (Fsp3) is 0.353. The minimum Gasteiger partial charge on any atom is -0.465 e. The Bertz CT molecular complexity index is 1540. The minimum absolute atomic E-state index is 0.112. The summed E-state index contributed by atoms with van der Waals surface area (Å²) < 4.78 is 10.4. The van der Waals surface area contributed by atoms with Gasteiger partial charge in [-0.1, -0.05) is 30.3 Å². The quantitative estimate of drug-likeness (QED) is 0.379. The van der Waals surface area contributed by atoms with Crippen LogP contribution < -0.4 is 10.6 Å². The van der Waals surface area contributed by atoms with Crippen LogP contribution in [0.15, 0.2) is 66.7 Å². The number of hydrogen-bond donors (Lipinski definition) is 2. The SMILES string of the molecule is COC(=O)c1ccc(C(=O)Nc2ccc3c(c2)CN(C(=O)OC(C)(C)C)[C@H](C(=O)N[C@@H]2CCCc4ccccc42)C3)cc1. The third-order valence-electron chi connectivity index (χ3n) is 7.78. The number of nitrogens with zero attached hydrogens (tertiary/aromatic N) is 1. The highest BCUT2D eigenvalue weighted by Crippen LogP contribution is 2.32. The molecule has 9 heteroatoms. The van der Waals surface area contributed by atoms with E-state index in [0.29, 0.717) is 23.2 Å². The van der Waals surface area contributed by atoms with Crippen LogP contribution in [0, 0.1) is 0 Å². The van der Waals surface area contributed by atoms with E-state index in [4.69, 9.17) is 9.47 Å². The normalized spacial score (nSPS) is 17.6. The van der Waals surface area contributed by atoms with Gasteiger partial charge in [0.1, 0.15) is 11.6 Å². The van der Waals surface area contributed by atoms with Crippen molar-refractivity contribution in [1.82, 2.24) is 10.2 Å². The van der Waals surface area contributed by atoms with Crippen LogP contribution in [0.25, 0.3) is 0 Å². The molecule has 224 valence electrons. The molecule has 0 aromatic heterocycles. The third-order valence-corrected chi connectivity index (χ3v) is 7.78. The van der Waals surface area contributed by atoms with E-state index in [-0.39, 0.29) is 24.4 Å². The number of hydrogen-bond acceptors (Lipinski definition) is 6. The molecule has 5 rings (SSSR count). The number of amides is 3. The van der Waals surface area contributed by atoms with Gasteiger partial charge in [0.15, 0.2) is 0 Å². The van der Waals surface area contributed by atoms with Crippen LogP contribution in [0.5, 0.6) is 0 Å². The van der Waals surface area contributed by atoms with Gasteiger partial charge in [-0.15, -0.1) is 0 Å². The van der Waals surface area contributed by atoms with Gasteiger partial charge < -0.3 is 20.1 Å². The molecule has 3 aromatic rings. The third kappa shape index (κ3) is 6.88. The summed E-state index contributed by atoms with van der Waals surface area (Å²) in [6.07, 6.45) is 2.56. The maximum absolute atomic E-state index is 13.8. The van der Waals surface area contributed by atoms with Crippen LogP contribution >= 0.6 is 0 Å². The number of carbonyl (C=O) groups excluding carboxylic acids is 4. The summed E-state index contributed by atoms with van der Waals surface area (Å²) in [4.78, 5) is 53.3. The highest BCUT2D eigenvalue weighted by Gasteiger charge is 2.38. The number of methoxy groups -OCH3 is 1. The van der Waals surface area contributed by atoms with Gasteiger partial charge in [-0.05, 0) is 98.7 Å².